The van der Waals surface area contributed by atoms with E-state index in [4.69, 9.17) is 4.42 Å². The summed E-state index contributed by atoms with van der Waals surface area (Å²) in [5, 5.41) is 14.0. The molecule has 0 aliphatic heterocycles. The standard InChI is InChI=1S/C16H15N3O3S/c1-2-17-15-11-5-3-4-6-12(11)18-16(19-15)23-9-10-7-13(20)14(21)8-22-10/h3-8,21H,2,9H2,1H3,(H,17,18,19). The molecule has 3 aromatic rings. The Labute approximate surface area is 136 Å². The largest absolute Gasteiger partial charge is 0.502 e. The van der Waals surface area contributed by atoms with Crippen LogP contribution in [-0.4, -0.2) is 21.6 Å². The van der Waals surface area contributed by atoms with Crippen molar-refractivity contribution in [2.75, 3.05) is 11.9 Å². The molecule has 118 valence electrons. The van der Waals surface area contributed by atoms with Gasteiger partial charge in [-0.2, -0.15) is 0 Å². The van der Waals surface area contributed by atoms with Gasteiger partial charge in [-0.1, -0.05) is 23.9 Å². The van der Waals surface area contributed by atoms with Crippen molar-refractivity contribution in [1.29, 1.82) is 0 Å². The van der Waals surface area contributed by atoms with Gasteiger partial charge in [0.25, 0.3) is 0 Å². The number of hydrogen-bond donors (Lipinski definition) is 2. The Morgan fingerprint density at radius 3 is 2.91 bits per heavy atom. The van der Waals surface area contributed by atoms with Gasteiger partial charge in [0, 0.05) is 18.0 Å². The van der Waals surface area contributed by atoms with Gasteiger partial charge in [-0.25, -0.2) is 9.97 Å². The fourth-order valence-electron chi connectivity index (χ4n) is 2.08. The van der Waals surface area contributed by atoms with Gasteiger partial charge in [0.05, 0.1) is 11.3 Å². The molecule has 0 radical (unpaired) electrons. The lowest BCUT2D eigenvalue weighted by atomic mass is 10.2. The lowest BCUT2D eigenvalue weighted by Crippen LogP contribution is -2.03. The minimum absolute atomic E-state index is 0.393. The zero-order chi connectivity index (χ0) is 16.2. The van der Waals surface area contributed by atoms with Crippen molar-refractivity contribution in [3.8, 4) is 5.75 Å². The summed E-state index contributed by atoms with van der Waals surface area (Å²) in [7, 11) is 0. The maximum absolute atomic E-state index is 11.4. The summed E-state index contributed by atoms with van der Waals surface area (Å²) >= 11 is 1.37. The van der Waals surface area contributed by atoms with E-state index in [0.717, 1.165) is 29.5 Å². The third-order valence-corrected chi connectivity index (χ3v) is 4.01. The zero-order valence-corrected chi connectivity index (χ0v) is 13.3. The molecule has 0 aliphatic rings. The Morgan fingerprint density at radius 1 is 1.30 bits per heavy atom. The van der Waals surface area contributed by atoms with Gasteiger partial charge < -0.3 is 14.8 Å². The van der Waals surface area contributed by atoms with Crippen LogP contribution in [0.3, 0.4) is 0 Å². The molecule has 0 amide bonds. The second-order valence-corrected chi connectivity index (χ2v) is 5.73. The maximum atomic E-state index is 11.4. The van der Waals surface area contributed by atoms with Crippen LogP contribution in [0.25, 0.3) is 10.9 Å². The van der Waals surface area contributed by atoms with E-state index in [-0.39, 0.29) is 0 Å². The number of nitrogens with zero attached hydrogens (tertiary/aromatic N) is 2. The highest BCUT2D eigenvalue weighted by atomic mass is 32.2. The molecule has 6 nitrogen and oxygen atoms in total. The average Bonchev–Trinajstić information content (AvgIpc) is 2.56. The van der Waals surface area contributed by atoms with E-state index in [9.17, 15) is 9.90 Å². The van der Waals surface area contributed by atoms with Gasteiger partial charge in [0.1, 0.15) is 17.8 Å². The molecular weight excluding hydrogens is 314 g/mol. The second-order valence-electron chi connectivity index (χ2n) is 4.79. The third kappa shape index (κ3) is 3.45. The third-order valence-electron chi connectivity index (χ3n) is 3.14. The second kappa shape index (κ2) is 6.70. The Kier molecular flexibility index (Phi) is 4.47. The van der Waals surface area contributed by atoms with Crippen LogP contribution < -0.4 is 10.7 Å². The quantitative estimate of drug-likeness (QED) is 0.549. The first-order valence-corrected chi connectivity index (χ1v) is 8.10. The number of fused-ring (bicyclic) bond motifs is 1. The number of benzene rings is 1. The summed E-state index contributed by atoms with van der Waals surface area (Å²) in [4.78, 5) is 20.4. The van der Waals surface area contributed by atoms with E-state index in [1.54, 1.807) is 0 Å². The summed E-state index contributed by atoms with van der Waals surface area (Å²) < 4.78 is 5.18. The number of para-hydroxylation sites is 1. The molecule has 0 fully saturated rings. The molecule has 0 bridgehead atoms. The van der Waals surface area contributed by atoms with E-state index < -0.39 is 11.2 Å². The average molecular weight is 329 g/mol. The van der Waals surface area contributed by atoms with Crippen molar-refractivity contribution in [1.82, 2.24) is 9.97 Å². The van der Waals surface area contributed by atoms with E-state index in [0.29, 0.717) is 16.7 Å². The smallest absolute Gasteiger partial charge is 0.226 e. The SMILES string of the molecule is CCNc1nc(SCc2cc(=O)c(O)co2)nc2ccccc12. The first-order chi connectivity index (χ1) is 11.2. The van der Waals surface area contributed by atoms with Gasteiger partial charge in [-0.3, -0.25) is 4.79 Å². The van der Waals surface area contributed by atoms with Crippen LogP contribution in [0.4, 0.5) is 5.82 Å². The number of hydrogen-bond acceptors (Lipinski definition) is 7. The first-order valence-electron chi connectivity index (χ1n) is 7.11. The van der Waals surface area contributed by atoms with Gasteiger partial charge in [0.15, 0.2) is 10.9 Å². The van der Waals surface area contributed by atoms with Crippen molar-refractivity contribution < 1.29 is 9.52 Å². The number of anilines is 1. The Balaban J connectivity index is 1.87. The minimum atomic E-state index is -0.459. The van der Waals surface area contributed by atoms with Crippen molar-refractivity contribution in [2.45, 2.75) is 17.8 Å². The summed E-state index contributed by atoms with van der Waals surface area (Å²) in [6.07, 6.45) is 1.05. The Bertz CT molecular complexity index is 895. The molecule has 0 unspecified atom stereocenters. The van der Waals surface area contributed by atoms with Crippen molar-refractivity contribution in [3.05, 3.63) is 52.6 Å². The lowest BCUT2D eigenvalue weighted by molar-refractivity contribution is 0.419. The van der Waals surface area contributed by atoms with E-state index in [2.05, 4.69) is 15.3 Å². The van der Waals surface area contributed by atoms with Crippen LogP contribution in [0.15, 0.2) is 51.0 Å². The number of aromatic nitrogens is 2. The molecule has 3 rings (SSSR count). The van der Waals surface area contributed by atoms with Crippen molar-refractivity contribution in [3.63, 3.8) is 0 Å². The summed E-state index contributed by atoms with van der Waals surface area (Å²) in [5.74, 6) is 1.25. The van der Waals surface area contributed by atoms with Crippen LogP contribution in [0.5, 0.6) is 5.75 Å². The predicted octanol–water partition coefficient (Wildman–Crippen LogP) is 3.01. The van der Waals surface area contributed by atoms with E-state index >= 15 is 0 Å². The van der Waals surface area contributed by atoms with Crippen molar-refractivity contribution >= 4 is 28.5 Å². The molecule has 2 aromatic heterocycles. The first kappa shape index (κ1) is 15.4. The molecule has 0 aliphatic carbocycles. The van der Waals surface area contributed by atoms with E-state index in [1.807, 2.05) is 31.2 Å². The summed E-state index contributed by atoms with van der Waals surface area (Å²) in [6, 6.07) is 9.06. The molecule has 0 saturated carbocycles. The normalized spacial score (nSPS) is 10.8. The zero-order valence-electron chi connectivity index (χ0n) is 12.4. The molecule has 0 saturated heterocycles. The monoisotopic (exact) mass is 329 g/mol. The van der Waals surface area contributed by atoms with Crippen LogP contribution in [-0.2, 0) is 5.75 Å². The molecular formula is C16H15N3O3S. The van der Waals surface area contributed by atoms with Gasteiger partial charge in [-0.05, 0) is 19.1 Å². The minimum Gasteiger partial charge on any atom is -0.502 e. The highest BCUT2D eigenvalue weighted by Crippen LogP contribution is 2.26. The maximum Gasteiger partial charge on any atom is 0.226 e. The Hall–Kier alpha value is -2.54. The number of thioether (sulfide) groups is 1. The number of rotatable bonds is 5. The molecule has 1 aromatic carbocycles. The Morgan fingerprint density at radius 2 is 2.13 bits per heavy atom. The molecule has 2 N–H and O–H groups in total. The summed E-state index contributed by atoms with van der Waals surface area (Å²) in [5.41, 5.74) is 0.396. The fraction of sp³-hybridized carbons (Fsp3) is 0.188. The van der Waals surface area contributed by atoms with Gasteiger partial charge in [0.2, 0.25) is 5.43 Å². The molecule has 0 spiro atoms. The highest BCUT2D eigenvalue weighted by Gasteiger charge is 2.09. The van der Waals surface area contributed by atoms with Gasteiger partial charge >= 0.3 is 0 Å². The topological polar surface area (TPSA) is 88.2 Å². The van der Waals surface area contributed by atoms with Crippen LogP contribution in [0.2, 0.25) is 0 Å². The van der Waals surface area contributed by atoms with E-state index in [1.165, 1.54) is 17.8 Å². The van der Waals surface area contributed by atoms with Crippen molar-refractivity contribution in [2.24, 2.45) is 0 Å². The molecule has 7 heteroatoms. The molecule has 2 heterocycles. The predicted molar refractivity (Wildman–Crippen MR) is 89.9 cm³/mol. The van der Waals surface area contributed by atoms with Crippen LogP contribution >= 0.6 is 11.8 Å². The summed E-state index contributed by atoms with van der Waals surface area (Å²) in [6.45, 7) is 2.77. The van der Waals surface area contributed by atoms with Crippen LogP contribution in [0.1, 0.15) is 12.7 Å². The number of nitrogens with one attached hydrogen (secondary N) is 1. The highest BCUT2D eigenvalue weighted by molar-refractivity contribution is 7.98. The van der Waals surface area contributed by atoms with Crippen LogP contribution in [0, 0.1) is 0 Å². The molecule has 0 atom stereocenters. The molecule has 23 heavy (non-hydrogen) atoms. The van der Waals surface area contributed by atoms with Gasteiger partial charge in [-0.15, -0.1) is 0 Å². The lowest BCUT2D eigenvalue weighted by Gasteiger charge is -2.09. The fourth-order valence-corrected chi connectivity index (χ4v) is 2.82. The number of aromatic hydroxyl groups is 1.